The van der Waals surface area contributed by atoms with Gasteiger partial charge >= 0.3 is 5.69 Å². The number of nitro benzene ring substituents is 3. The summed E-state index contributed by atoms with van der Waals surface area (Å²) in [6.07, 6.45) is 0. The van der Waals surface area contributed by atoms with Crippen molar-refractivity contribution in [3.05, 3.63) is 94.5 Å². The lowest BCUT2D eigenvalue weighted by molar-refractivity contribution is -0.394. The predicted molar refractivity (Wildman–Crippen MR) is 120 cm³/mol. The minimum Gasteiger partial charge on any atom is -0.449 e. The Labute approximate surface area is 189 Å². The molecule has 3 aromatic rings. The van der Waals surface area contributed by atoms with Crippen LogP contribution < -0.4 is 10.1 Å². The fourth-order valence-electron chi connectivity index (χ4n) is 3.02. The Morgan fingerprint density at radius 2 is 1.38 bits per heavy atom. The highest BCUT2D eigenvalue weighted by Gasteiger charge is 2.27. The van der Waals surface area contributed by atoms with E-state index in [1.165, 1.54) is 30.3 Å². The van der Waals surface area contributed by atoms with Crippen molar-refractivity contribution in [3.63, 3.8) is 0 Å². The fraction of sp³-hybridized carbons (Fsp3) is 0.100. The average molecular weight is 503 g/mol. The van der Waals surface area contributed by atoms with E-state index in [9.17, 15) is 30.3 Å². The normalized spacial score (nSPS) is 10.5. The van der Waals surface area contributed by atoms with E-state index in [0.29, 0.717) is 22.6 Å². The van der Waals surface area contributed by atoms with Crippen LogP contribution in [0, 0.1) is 44.2 Å². The highest BCUT2D eigenvalue weighted by Crippen LogP contribution is 2.42. The number of hydrogen-bond donors (Lipinski definition) is 1. The molecule has 0 spiro atoms. The van der Waals surface area contributed by atoms with Gasteiger partial charge in [-0.2, -0.15) is 0 Å². The van der Waals surface area contributed by atoms with Gasteiger partial charge in [-0.25, -0.2) is 0 Å². The molecule has 0 aliphatic rings. The van der Waals surface area contributed by atoms with Crippen LogP contribution in [0.4, 0.5) is 28.4 Å². The first-order valence-corrected chi connectivity index (χ1v) is 9.79. The summed E-state index contributed by atoms with van der Waals surface area (Å²) in [5.74, 6) is 0.185. The molecular formula is C20H15BrN4O7. The Morgan fingerprint density at radius 1 is 0.812 bits per heavy atom. The van der Waals surface area contributed by atoms with Gasteiger partial charge in [0.15, 0.2) is 0 Å². The molecule has 11 nitrogen and oxygen atoms in total. The molecule has 3 rings (SSSR count). The minimum absolute atomic E-state index is 0.0723. The van der Waals surface area contributed by atoms with Gasteiger partial charge < -0.3 is 10.1 Å². The van der Waals surface area contributed by atoms with Crippen molar-refractivity contribution in [1.29, 1.82) is 0 Å². The van der Waals surface area contributed by atoms with Gasteiger partial charge in [-0.3, -0.25) is 30.3 Å². The minimum atomic E-state index is -0.763. The first-order chi connectivity index (χ1) is 15.1. The van der Waals surface area contributed by atoms with Crippen molar-refractivity contribution in [1.82, 2.24) is 0 Å². The predicted octanol–water partition coefficient (Wildman–Crippen LogP) is 6.33. The molecule has 0 atom stereocenters. The monoisotopic (exact) mass is 502 g/mol. The van der Waals surface area contributed by atoms with E-state index >= 15 is 0 Å². The lowest BCUT2D eigenvalue weighted by Gasteiger charge is -2.14. The third kappa shape index (κ3) is 4.81. The Hall–Kier alpha value is -4.06. The van der Waals surface area contributed by atoms with E-state index in [1.54, 1.807) is 26.0 Å². The molecule has 164 valence electrons. The smallest absolute Gasteiger partial charge is 0.318 e. The van der Waals surface area contributed by atoms with Gasteiger partial charge in [-0.05, 0) is 49.2 Å². The Balaban J connectivity index is 2.10. The SMILES string of the molecule is Cc1cc(Br)cc(C)c1Oc1cc(Nc2ccc([N+](=O)[O-])cc2)c([N+](=O)[O-])cc1[N+](=O)[O-]. The number of halogens is 1. The van der Waals surface area contributed by atoms with Crippen molar-refractivity contribution < 1.29 is 19.5 Å². The molecule has 0 bridgehead atoms. The Morgan fingerprint density at radius 3 is 1.88 bits per heavy atom. The third-order valence-electron chi connectivity index (χ3n) is 4.46. The zero-order chi connectivity index (χ0) is 23.6. The molecule has 1 N–H and O–H groups in total. The van der Waals surface area contributed by atoms with Gasteiger partial charge in [0.25, 0.3) is 11.4 Å². The van der Waals surface area contributed by atoms with Crippen LogP contribution >= 0.6 is 15.9 Å². The van der Waals surface area contributed by atoms with Crippen molar-refractivity contribution in [2.45, 2.75) is 13.8 Å². The van der Waals surface area contributed by atoms with Crippen molar-refractivity contribution >= 4 is 44.4 Å². The number of anilines is 2. The Kier molecular flexibility index (Phi) is 6.35. The molecular weight excluding hydrogens is 488 g/mol. The number of aryl methyl sites for hydroxylation is 2. The molecule has 0 radical (unpaired) electrons. The molecule has 0 saturated carbocycles. The largest absolute Gasteiger partial charge is 0.449 e. The first-order valence-electron chi connectivity index (χ1n) is 8.99. The number of hydrogen-bond acceptors (Lipinski definition) is 8. The maximum atomic E-state index is 11.6. The molecule has 0 aromatic heterocycles. The number of ether oxygens (including phenoxy) is 1. The molecule has 0 amide bonds. The molecule has 0 fully saturated rings. The standard InChI is InChI=1S/C20H15BrN4O7/c1-11-7-13(21)8-12(2)20(11)32-19-9-16(17(24(28)29)10-18(19)25(30)31)22-14-3-5-15(6-4-14)23(26)27/h3-10,22H,1-2H3. The molecule has 3 aromatic carbocycles. The van der Waals surface area contributed by atoms with E-state index in [0.717, 1.165) is 10.5 Å². The zero-order valence-corrected chi connectivity index (χ0v) is 18.3. The summed E-state index contributed by atoms with van der Waals surface area (Å²) in [6, 6.07) is 10.7. The maximum Gasteiger partial charge on any atom is 0.318 e. The summed E-state index contributed by atoms with van der Waals surface area (Å²) in [6.45, 7) is 3.53. The number of nitrogens with one attached hydrogen (secondary N) is 1. The first kappa shape index (κ1) is 22.6. The lowest BCUT2D eigenvalue weighted by Crippen LogP contribution is -2.02. The molecule has 0 aliphatic carbocycles. The maximum absolute atomic E-state index is 11.6. The summed E-state index contributed by atoms with van der Waals surface area (Å²) in [7, 11) is 0. The molecule has 0 saturated heterocycles. The van der Waals surface area contributed by atoms with Crippen LogP contribution in [0.1, 0.15) is 11.1 Å². The number of nitrogens with zero attached hydrogens (tertiary/aromatic N) is 3. The lowest BCUT2D eigenvalue weighted by atomic mass is 10.1. The zero-order valence-electron chi connectivity index (χ0n) is 16.7. The van der Waals surface area contributed by atoms with Crippen LogP contribution in [0.5, 0.6) is 11.5 Å². The van der Waals surface area contributed by atoms with Gasteiger partial charge in [0, 0.05) is 28.4 Å². The van der Waals surface area contributed by atoms with Gasteiger partial charge in [-0.1, -0.05) is 15.9 Å². The van der Waals surface area contributed by atoms with Crippen LogP contribution in [-0.2, 0) is 0 Å². The number of benzene rings is 3. The topological polar surface area (TPSA) is 151 Å². The van der Waals surface area contributed by atoms with E-state index in [1.807, 2.05) is 0 Å². The van der Waals surface area contributed by atoms with Gasteiger partial charge in [0.05, 0.1) is 14.8 Å². The van der Waals surface area contributed by atoms with Crippen LogP contribution in [0.15, 0.2) is 53.0 Å². The molecule has 12 heteroatoms. The van der Waals surface area contributed by atoms with Crippen LogP contribution in [0.3, 0.4) is 0 Å². The molecule has 32 heavy (non-hydrogen) atoms. The summed E-state index contributed by atoms with van der Waals surface area (Å²) >= 11 is 3.37. The van der Waals surface area contributed by atoms with Crippen molar-refractivity contribution in [2.24, 2.45) is 0 Å². The molecule has 0 aliphatic heterocycles. The van der Waals surface area contributed by atoms with Crippen LogP contribution in [0.25, 0.3) is 0 Å². The number of rotatable bonds is 7. The quantitative estimate of drug-likeness (QED) is 0.290. The van der Waals surface area contributed by atoms with Gasteiger partial charge in [0.2, 0.25) is 5.75 Å². The van der Waals surface area contributed by atoms with E-state index in [-0.39, 0.29) is 17.1 Å². The van der Waals surface area contributed by atoms with Crippen molar-refractivity contribution in [3.8, 4) is 11.5 Å². The molecule has 0 heterocycles. The second kappa shape index (κ2) is 8.98. The highest BCUT2D eigenvalue weighted by atomic mass is 79.9. The summed E-state index contributed by atoms with van der Waals surface area (Å²) in [5, 5.41) is 36.7. The Bertz CT molecular complexity index is 1220. The average Bonchev–Trinajstić information content (AvgIpc) is 2.70. The van der Waals surface area contributed by atoms with Gasteiger partial charge in [0.1, 0.15) is 17.5 Å². The summed E-state index contributed by atoms with van der Waals surface area (Å²) in [4.78, 5) is 31.9. The number of non-ortho nitro benzene ring substituents is 1. The number of nitro groups is 3. The van der Waals surface area contributed by atoms with Crippen LogP contribution in [0.2, 0.25) is 0 Å². The van der Waals surface area contributed by atoms with Crippen LogP contribution in [-0.4, -0.2) is 14.8 Å². The third-order valence-corrected chi connectivity index (χ3v) is 4.92. The summed E-state index contributed by atoms with van der Waals surface area (Å²) < 4.78 is 6.64. The highest BCUT2D eigenvalue weighted by molar-refractivity contribution is 9.10. The van der Waals surface area contributed by atoms with E-state index < -0.39 is 26.1 Å². The van der Waals surface area contributed by atoms with Crippen molar-refractivity contribution in [2.75, 3.05) is 5.32 Å². The van der Waals surface area contributed by atoms with Gasteiger partial charge in [-0.15, -0.1) is 0 Å². The van der Waals surface area contributed by atoms with E-state index in [2.05, 4.69) is 21.2 Å². The summed E-state index contributed by atoms with van der Waals surface area (Å²) in [5.41, 5.74) is 0.369. The molecule has 0 unspecified atom stereocenters. The fourth-order valence-corrected chi connectivity index (χ4v) is 3.71. The second-order valence-corrected chi connectivity index (χ2v) is 7.67. The van der Waals surface area contributed by atoms with E-state index in [4.69, 9.17) is 4.74 Å². The second-order valence-electron chi connectivity index (χ2n) is 6.75.